The van der Waals surface area contributed by atoms with Crippen LogP contribution in [0.1, 0.15) is 30.9 Å². The highest BCUT2D eigenvalue weighted by molar-refractivity contribution is 5.60. The Bertz CT molecular complexity index is 440. The molecule has 3 rings (SSSR count). The SMILES string of the molecule is CCc1cccc2c1NC(C1CCCOC1)C(O)C2. The summed E-state index contributed by atoms with van der Waals surface area (Å²) in [6.45, 7) is 3.83. The molecule has 0 bridgehead atoms. The van der Waals surface area contributed by atoms with E-state index >= 15 is 0 Å². The van der Waals surface area contributed by atoms with Crippen molar-refractivity contribution < 1.29 is 9.84 Å². The minimum Gasteiger partial charge on any atom is -0.391 e. The lowest BCUT2D eigenvalue weighted by atomic mass is 9.83. The maximum absolute atomic E-state index is 10.4. The van der Waals surface area contributed by atoms with E-state index < -0.39 is 0 Å². The molecule has 2 N–H and O–H groups in total. The Morgan fingerprint density at radius 2 is 2.32 bits per heavy atom. The predicted molar refractivity (Wildman–Crippen MR) is 76.5 cm³/mol. The molecule has 3 unspecified atom stereocenters. The van der Waals surface area contributed by atoms with Crippen molar-refractivity contribution in [3.8, 4) is 0 Å². The van der Waals surface area contributed by atoms with Crippen molar-refractivity contribution in [1.29, 1.82) is 0 Å². The highest BCUT2D eigenvalue weighted by atomic mass is 16.5. The van der Waals surface area contributed by atoms with Crippen LogP contribution in [0.25, 0.3) is 0 Å². The molecule has 0 radical (unpaired) electrons. The smallest absolute Gasteiger partial charge is 0.0785 e. The first kappa shape index (κ1) is 12.9. The number of ether oxygens (including phenoxy) is 1. The lowest BCUT2D eigenvalue weighted by Gasteiger charge is -2.39. The fourth-order valence-corrected chi connectivity index (χ4v) is 3.40. The average Bonchev–Trinajstić information content (AvgIpc) is 2.46. The summed E-state index contributed by atoms with van der Waals surface area (Å²) in [5.74, 6) is 0.432. The quantitative estimate of drug-likeness (QED) is 0.859. The molecule has 3 nitrogen and oxygen atoms in total. The van der Waals surface area contributed by atoms with Crippen LogP contribution in [0.2, 0.25) is 0 Å². The van der Waals surface area contributed by atoms with Crippen LogP contribution >= 0.6 is 0 Å². The zero-order chi connectivity index (χ0) is 13.2. The Hall–Kier alpha value is -1.06. The van der Waals surface area contributed by atoms with Crippen LogP contribution in [0.15, 0.2) is 18.2 Å². The molecule has 0 amide bonds. The first-order valence-corrected chi connectivity index (χ1v) is 7.42. The molecule has 3 heteroatoms. The van der Waals surface area contributed by atoms with Gasteiger partial charge in [0, 0.05) is 24.6 Å². The van der Waals surface area contributed by atoms with E-state index in [2.05, 4.69) is 30.4 Å². The van der Waals surface area contributed by atoms with Crippen molar-refractivity contribution in [3.05, 3.63) is 29.3 Å². The Morgan fingerprint density at radius 3 is 3.05 bits per heavy atom. The van der Waals surface area contributed by atoms with Gasteiger partial charge in [-0.2, -0.15) is 0 Å². The van der Waals surface area contributed by atoms with Crippen LogP contribution < -0.4 is 5.32 Å². The third kappa shape index (κ3) is 2.49. The van der Waals surface area contributed by atoms with Gasteiger partial charge in [-0.05, 0) is 30.4 Å². The maximum Gasteiger partial charge on any atom is 0.0785 e. The van der Waals surface area contributed by atoms with Gasteiger partial charge in [-0.3, -0.25) is 0 Å². The Labute approximate surface area is 115 Å². The number of anilines is 1. The monoisotopic (exact) mass is 261 g/mol. The molecule has 0 aliphatic carbocycles. The van der Waals surface area contributed by atoms with Gasteiger partial charge in [-0.25, -0.2) is 0 Å². The molecule has 2 aliphatic heterocycles. The van der Waals surface area contributed by atoms with Gasteiger partial charge in [0.25, 0.3) is 0 Å². The largest absolute Gasteiger partial charge is 0.391 e. The van der Waals surface area contributed by atoms with E-state index in [-0.39, 0.29) is 12.1 Å². The fraction of sp³-hybridized carbons (Fsp3) is 0.625. The zero-order valence-electron chi connectivity index (χ0n) is 11.6. The van der Waals surface area contributed by atoms with Crippen molar-refractivity contribution in [1.82, 2.24) is 0 Å². The van der Waals surface area contributed by atoms with Gasteiger partial charge in [0.15, 0.2) is 0 Å². The summed E-state index contributed by atoms with van der Waals surface area (Å²) >= 11 is 0. The van der Waals surface area contributed by atoms with E-state index in [1.165, 1.54) is 16.8 Å². The van der Waals surface area contributed by atoms with Crippen LogP contribution in [-0.4, -0.2) is 30.5 Å². The van der Waals surface area contributed by atoms with Crippen molar-refractivity contribution >= 4 is 5.69 Å². The molecule has 19 heavy (non-hydrogen) atoms. The molecule has 1 aromatic rings. The summed E-state index contributed by atoms with van der Waals surface area (Å²) in [6, 6.07) is 6.53. The van der Waals surface area contributed by atoms with E-state index in [0.717, 1.165) is 38.9 Å². The topological polar surface area (TPSA) is 41.5 Å². The number of para-hydroxylation sites is 1. The summed E-state index contributed by atoms with van der Waals surface area (Å²) < 4.78 is 5.58. The van der Waals surface area contributed by atoms with Gasteiger partial charge in [-0.15, -0.1) is 0 Å². The molecule has 1 aromatic carbocycles. The van der Waals surface area contributed by atoms with E-state index in [1.54, 1.807) is 0 Å². The predicted octanol–water partition coefficient (Wildman–Crippen LogP) is 2.37. The number of hydrogen-bond donors (Lipinski definition) is 2. The molecular formula is C16H23NO2. The summed E-state index contributed by atoms with van der Waals surface area (Å²) in [7, 11) is 0. The van der Waals surface area contributed by atoms with Gasteiger partial charge in [0.05, 0.1) is 18.8 Å². The Morgan fingerprint density at radius 1 is 1.42 bits per heavy atom. The fourth-order valence-electron chi connectivity index (χ4n) is 3.40. The standard InChI is InChI=1S/C16H23NO2/c1-2-11-5-3-6-12-9-14(18)16(17-15(11)12)13-7-4-8-19-10-13/h3,5-6,13-14,16-18H,2,4,7-10H2,1H3. The second-order valence-corrected chi connectivity index (χ2v) is 5.72. The lowest BCUT2D eigenvalue weighted by Crippen LogP contribution is -2.47. The van der Waals surface area contributed by atoms with Crippen LogP contribution in [0.5, 0.6) is 0 Å². The summed E-state index contributed by atoms with van der Waals surface area (Å²) in [6.07, 6.45) is 3.75. The lowest BCUT2D eigenvalue weighted by molar-refractivity contribution is 0.0198. The molecule has 3 atom stereocenters. The van der Waals surface area contributed by atoms with E-state index in [1.807, 2.05) is 0 Å². The maximum atomic E-state index is 10.4. The molecule has 0 spiro atoms. The van der Waals surface area contributed by atoms with Crippen molar-refractivity contribution in [2.45, 2.75) is 44.8 Å². The summed E-state index contributed by atoms with van der Waals surface area (Å²) in [4.78, 5) is 0. The normalized spacial score (nSPS) is 30.5. The van der Waals surface area contributed by atoms with Gasteiger partial charge in [0.1, 0.15) is 0 Å². The number of hydrogen-bond acceptors (Lipinski definition) is 3. The highest BCUT2D eigenvalue weighted by Crippen LogP contribution is 2.33. The number of aliphatic hydroxyl groups is 1. The number of nitrogens with one attached hydrogen (secondary N) is 1. The molecule has 1 saturated heterocycles. The van der Waals surface area contributed by atoms with Gasteiger partial charge < -0.3 is 15.2 Å². The van der Waals surface area contributed by atoms with Gasteiger partial charge >= 0.3 is 0 Å². The van der Waals surface area contributed by atoms with Crippen LogP contribution in [0, 0.1) is 5.92 Å². The second kappa shape index (κ2) is 5.51. The third-order valence-corrected chi connectivity index (χ3v) is 4.48. The third-order valence-electron chi connectivity index (χ3n) is 4.48. The van der Waals surface area contributed by atoms with Crippen molar-refractivity contribution in [2.24, 2.45) is 5.92 Å². The van der Waals surface area contributed by atoms with E-state index in [9.17, 15) is 5.11 Å². The number of rotatable bonds is 2. The zero-order valence-corrected chi connectivity index (χ0v) is 11.6. The summed E-state index contributed by atoms with van der Waals surface area (Å²) in [5.41, 5.74) is 3.86. The number of aryl methyl sites for hydroxylation is 1. The van der Waals surface area contributed by atoms with E-state index in [4.69, 9.17) is 4.74 Å². The Balaban J connectivity index is 1.85. The molecule has 0 saturated carbocycles. The molecule has 2 heterocycles. The molecule has 1 fully saturated rings. The first-order chi connectivity index (χ1) is 9.29. The highest BCUT2D eigenvalue weighted by Gasteiger charge is 2.34. The van der Waals surface area contributed by atoms with Crippen molar-refractivity contribution in [3.63, 3.8) is 0 Å². The van der Waals surface area contributed by atoms with Crippen LogP contribution in [0.4, 0.5) is 5.69 Å². The van der Waals surface area contributed by atoms with Crippen LogP contribution in [0.3, 0.4) is 0 Å². The number of fused-ring (bicyclic) bond motifs is 1. The number of aliphatic hydroxyl groups excluding tert-OH is 1. The number of benzene rings is 1. The minimum atomic E-state index is -0.300. The minimum absolute atomic E-state index is 0.139. The molecule has 2 aliphatic rings. The molecule has 104 valence electrons. The molecule has 0 aromatic heterocycles. The Kier molecular flexibility index (Phi) is 3.76. The van der Waals surface area contributed by atoms with Crippen molar-refractivity contribution in [2.75, 3.05) is 18.5 Å². The van der Waals surface area contributed by atoms with Gasteiger partial charge in [0.2, 0.25) is 0 Å². The van der Waals surface area contributed by atoms with Crippen LogP contribution in [-0.2, 0) is 17.6 Å². The average molecular weight is 261 g/mol. The molecular weight excluding hydrogens is 238 g/mol. The second-order valence-electron chi connectivity index (χ2n) is 5.72. The first-order valence-electron chi connectivity index (χ1n) is 7.42. The summed E-state index contributed by atoms with van der Waals surface area (Å²) in [5, 5.41) is 14.0. The van der Waals surface area contributed by atoms with Gasteiger partial charge in [-0.1, -0.05) is 25.1 Å². The van der Waals surface area contributed by atoms with E-state index in [0.29, 0.717) is 5.92 Å².